The Morgan fingerprint density at radius 2 is 1.25 bits per heavy atom. The maximum Gasteiger partial charge on any atom is 0.0205 e. The van der Waals surface area contributed by atoms with E-state index in [1.54, 1.807) is 0 Å². The van der Waals surface area contributed by atoms with Crippen LogP contribution in [0.3, 0.4) is 0 Å². The summed E-state index contributed by atoms with van der Waals surface area (Å²) in [5, 5.41) is 10.6. The Bertz CT molecular complexity index is 374. The summed E-state index contributed by atoms with van der Waals surface area (Å²) in [6.45, 7) is 0.411. The monoisotopic (exact) mass is 212 g/mol. The molecule has 0 saturated carbocycles. The molecule has 0 amide bonds. The van der Waals surface area contributed by atoms with Gasteiger partial charge in [-0.2, -0.15) is 0 Å². The SMILES string of the molecule is [O-]NCC(c1ccccc1)c1ccccc1. The molecule has 0 radical (unpaired) electrons. The topological polar surface area (TPSA) is 35.1 Å². The van der Waals surface area contributed by atoms with Crippen molar-refractivity contribution < 1.29 is 0 Å². The number of hydrogen-bond acceptors (Lipinski definition) is 2. The minimum Gasteiger partial charge on any atom is -0.788 e. The van der Waals surface area contributed by atoms with Gasteiger partial charge in [0.2, 0.25) is 0 Å². The van der Waals surface area contributed by atoms with Crippen molar-refractivity contribution in [3.8, 4) is 0 Å². The molecule has 0 fully saturated rings. The number of hydroxylamine groups is 1. The van der Waals surface area contributed by atoms with E-state index in [9.17, 15) is 5.21 Å². The number of rotatable bonds is 4. The summed E-state index contributed by atoms with van der Waals surface area (Å²) in [6.07, 6.45) is 0. The van der Waals surface area contributed by atoms with Crippen LogP contribution in [0.2, 0.25) is 0 Å². The quantitative estimate of drug-likeness (QED) is 0.791. The Kier molecular flexibility index (Phi) is 3.70. The van der Waals surface area contributed by atoms with Crippen molar-refractivity contribution in [1.82, 2.24) is 5.48 Å². The first-order valence-electron chi connectivity index (χ1n) is 5.36. The van der Waals surface area contributed by atoms with Crippen LogP contribution in [0.25, 0.3) is 0 Å². The maximum atomic E-state index is 10.6. The molecule has 0 aliphatic rings. The average Bonchev–Trinajstić information content (AvgIpc) is 2.38. The van der Waals surface area contributed by atoms with E-state index in [2.05, 4.69) is 24.3 Å². The van der Waals surface area contributed by atoms with E-state index in [0.29, 0.717) is 6.54 Å². The van der Waals surface area contributed by atoms with Crippen molar-refractivity contribution >= 4 is 0 Å². The summed E-state index contributed by atoms with van der Waals surface area (Å²) in [7, 11) is 0. The third-order valence-corrected chi connectivity index (χ3v) is 2.69. The summed E-state index contributed by atoms with van der Waals surface area (Å²) in [6, 6.07) is 20.2. The Morgan fingerprint density at radius 1 is 0.812 bits per heavy atom. The smallest absolute Gasteiger partial charge is 0.0205 e. The van der Waals surface area contributed by atoms with Gasteiger partial charge < -0.3 is 10.7 Å². The second-order valence-electron chi connectivity index (χ2n) is 3.72. The van der Waals surface area contributed by atoms with E-state index < -0.39 is 0 Å². The Balaban J connectivity index is 2.31. The van der Waals surface area contributed by atoms with Gasteiger partial charge >= 0.3 is 0 Å². The van der Waals surface area contributed by atoms with Gasteiger partial charge in [0.25, 0.3) is 0 Å². The molecule has 0 unspecified atom stereocenters. The van der Waals surface area contributed by atoms with E-state index in [0.717, 1.165) is 11.1 Å². The summed E-state index contributed by atoms with van der Waals surface area (Å²) >= 11 is 0. The Morgan fingerprint density at radius 3 is 1.62 bits per heavy atom. The zero-order chi connectivity index (χ0) is 11.2. The highest BCUT2D eigenvalue weighted by atomic mass is 16.5. The molecule has 82 valence electrons. The van der Waals surface area contributed by atoms with Gasteiger partial charge in [0.1, 0.15) is 0 Å². The Labute approximate surface area is 95.5 Å². The van der Waals surface area contributed by atoms with E-state index in [4.69, 9.17) is 0 Å². The number of benzene rings is 2. The lowest BCUT2D eigenvalue weighted by Gasteiger charge is -2.20. The largest absolute Gasteiger partial charge is 0.788 e. The van der Waals surface area contributed by atoms with Crippen LogP contribution in [0.1, 0.15) is 17.0 Å². The fourth-order valence-electron chi connectivity index (χ4n) is 1.88. The molecule has 0 aliphatic heterocycles. The zero-order valence-corrected chi connectivity index (χ0v) is 8.97. The van der Waals surface area contributed by atoms with Crippen LogP contribution >= 0.6 is 0 Å². The lowest BCUT2D eigenvalue weighted by atomic mass is 9.91. The van der Waals surface area contributed by atoms with Crippen LogP contribution in [0, 0.1) is 5.21 Å². The van der Waals surface area contributed by atoms with E-state index in [1.807, 2.05) is 41.9 Å². The van der Waals surface area contributed by atoms with Crippen LogP contribution < -0.4 is 5.48 Å². The van der Waals surface area contributed by atoms with Crippen LogP contribution in [0.4, 0.5) is 0 Å². The standard InChI is InChI=1S/C14H14NO/c16-15-11-14(12-7-3-1-4-8-12)13-9-5-2-6-10-13/h1-10,14-15H,11H2/q-1. The molecule has 2 rings (SSSR count). The minimum atomic E-state index is 0.125. The highest BCUT2D eigenvalue weighted by Crippen LogP contribution is 2.23. The lowest BCUT2D eigenvalue weighted by molar-refractivity contribution is 0.737. The van der Waals surface area contributed by atoms with E-state index in [-0.39, 0.29) is 5.92 Å². The normalized spacial score (nSPS) is 10.6. The number of hydrogen-bond donors (Lipinski definition) is 1. The molecule has 0 bridgehead atoms. The summed E-state index contributed by atoms with van der Waals surface area (Å²) in [4.78, 5) is 0. The first-order valence-corrected chi connectivity index (χ1v) is 5.36. The maximum absolute atomic E-state index is 10.6. The van der Waals surface area contributed by atoms with E-state index in [1.165, 1.54) is 0 Å². The highest BCUT2D eigenvalue weighted by Gasteiger charge is 2.11. The fourth-order valence-corrected chi connectivity index (χ4v) is 1.88. The van der Waals surface area contributed by atoms with Crippen molar-refractivity contribution in [3.05, 3.63) is 77.0 Å². The van der Waals surface area contributed by atoms with Crippen molar-refractivity contribution in [2.45, 2.75) is 5.92 Å². The van der Waals surface area contributed by atoms with Gasteiger partial charge in [0.15, 0.2) is 0 Å². The third-order valence-electron chi connectivity index (χ3n) is 2.69. The summed E-state index contributed by atoms with van der Waals surface area (Å²) in [5.41, 5.74) is 4.34. The van der Waals surface area contributed by atoms with Gasteiger partial charge in [-0.15, -0.1) is 0 Å². The van der Waals surface area contributed by atoms with Gasteiger partial charge in [-0.1, -0.05) is 60.7 Å². The summed E-state index contributed by atoms with van der Waals surface area (Å²) in [5.74, 6) is 0.125. The highest BCUT2D eigenvalue weighted by molar-refractivity contribution is 5.32. The van der Waals surface area contributed by atoms with Crippen LogP contribution in [-0.2, 0) is 0 Å². The second-order valence-corrected chi connectivity index (χ2v) is 3.72. The average molecular weight is 212 g/mol. The fraction of sp³-hybridized carbons (Fsp3) is 0.143. The zero-order valence-electron chi connectivity index (χ0n) is 8.97. The van der Waals surface area contributed by atoms with Crippen molar-refractivity contribution in [1.29, 1.82) is 0 Å². The molecule has 1 N–H and O–H groups in total. The molecular weight excluding hydrogens is 198 g/mol. The van der Waals surface area contributed by atoms with Crippen molar-refractivity contribution in [2.24, 2.45) is 0 Å². The van der Waals surface area contributed by atoms with Crippen LogP contribution in [0.5, 0.6) is 0 Å². The third kappa shape index (κ3) is 2.48. The first kappa shape index (κ1) is 10.9. The molecule has 2 nitrogen and oxygen atoms in total. The van der Waals surface area contributed by atoms with Gasteiger partial charge in [-0.3, -0.25) is 0 Å². The van der Waals surface area contributed by atoms with Gasteiger partial charge in [-0.25, -0.2) is 0 Å². The second kappa shape index (κ2) is 5.45. The summed E-state index contributed by atoms with van der Waals surface area (Å²) < 4.78 is 0. The molecule has 16 heavy (non-hydrogen) atoms. The predicted molar refractivity (Wildman–Crippen MR) is 66.1 cm³/mol. The lowest BCUT2D eigenvalue weighted by Crippen LogP contribution is -2.16. The van der Waals surface area contributed by atoms with Crippen LogP contribution in [-0.4, -0.2) is 6.54 Å². The van der Waals surface area contributed by atoms with Crippen molar-refractivity contribution in [3.63, 3.8) is 0 Å². The van der Waals surface area contributed by atoms with Crippen LogP contribution in [0.15, 0.2) is 60.7 Å². The molecule has 0 atom stereocenters. The number of nitrogens with one attached hydrogen (secondary N) is 1. The molecule has 0 aliphatic carbocycles. The van der Waals surface area contributed by atoms with Gasteiger partial charge in [-0.05, 0) is 17.7 Å². The molecule has 2 heteroatoms. The molecule has 0 heterocycles. The predicted octanol–water partition coefficient (Wildman–Crippen LogP) is 2.91. The molecule has 2 aromatic rings. The minimum absolute atomic E-state index is 0.125. The molecule has 0 saturated heterocycles. The van der Waals surface area contributed by atoms with Gasteiger partial charge in [0, 0.05) is 5.92 Å². The molecule has 2 aromatic carbocycles. The Hall–Kier alpha value is -1.64. The van der Waals surface area contributed by atoms with Gasteiger partial charge in [0.05, 0.1) is 0 Å². The first-order chi connectivity index (χ1) is 7.92. The van der Waals surface area contributed by atoms with E-state index >= 15 is 0 Å². The molecule has 0 spiro atoms. The molecule has 0 aromatic heterocycles. The molecular formula is C14H14NO-. The van der Waals surface area contributed by atoms with Crippen molar-refractivity contribution in [2.75, 3.05) is 6.54 Å².